The van der Waals surface area contributed by atoms with E-state index in [9.17, 15) is 9.18 Å². The summed E-state index contributed by atoms with van der Waals surface area (Å²) in [6, 6.07) is 4.57. The second-order valence-electron chi connectivity index (χ2n) is 4.58. The molecule has 1 amide bonds. The minimum Gasteiger partial charge on any atom is -0.380 e. The van der Waals surface area contributed by atoms with Crippen molar-refractivity contribution >= 4 is 11.6 Å². The van der Waals surface area contributed by atoms with Crippen molar-refractivity contribution in [1.29, 1.82) is 0 Å². The molecule has 1 heterocycles. The Morgan fingerprint density at radius 1 is 1.39 bits per heavy atom. The van der Waals surface area contributed by atoms with Gasteiger partial charge in [0.05, 0.1) is 5.69 Å². The van der Waals surface area contributed by atoms with Crippen molar-refractivity contribution < 1.29 is 9.18 Å². The lowest BCUT2D eigenvalue weighted by atomic mass is 10.1. The fourth-order valence-corrected chi connectivity index (χ4v) is 2.17. The van der Waals surface area contributed by atoms with E-state index in [2.05, 4.69) is 10.6 Å². The Kier molecular flexibility index (Phi) is 4.15. The maximum absolute atomic E-state index is 13.8. The predicted molar refractivity (Wildman–Crippen MR) is 69.0 cm³/mol. The van der Waals surface area contributed by atoms with Gasteiger partial charge in [-0.1, -0.05) is 0 Å². The first-order valence-corrected chi connectivity index (χ1v) is 6.23. The van der Waals surface area contributed by atoms with Crippen LogP contribution >= 0.6 is 0 Å². The number of nitrogens with two attached hydrogens (primary N) is 1. The molecular weight excluding hydrogens is 233 g/mol. The topological polar surface area (TPSA) is 67.2 Å². The summed E-state index contributed by atoms with van der Waals surface area (Å²) < 4.78 is 13.8. The molecule has 1 unspecified atom stereocenters. The third-order valence-electron chi connectivity index (χ3n) is 3.19. The van der Waals surface area contributed by atoms with E-state index in [1.165, 1.54) is 6.07 Å². The molecular formula is C13H18FN3O. The van der Waals surface area contributed by atoms with Crippen LogP contribution < -0.4 is 16.4 Å². The van der Waals surface area contributed by atoms with Crippen molar-refractivity contribution in [3.8, 4) is 0 Å². The molecule has 1 aromatic carbocycles. The number of carbonyl (C=O) groups excluding carboxylic acids is 1. The first-order chi connectivity index (χ1) is 8.66. The molecule has 5 heteroatoms. The van der Waals surface area contributed by atoms with Crippen molar-refractivity contribution in [3.63, 3.8) is 0 Å². The highest BCUT2D eigenvalue weighted by Gasteiger charge is 2.14. The van der Waals surface area contributed by atoms with E-state index in [0.717, 1.165) is 32.4 Å². The summed E-state index contributed by atoms with van der Waals surface area (Å²) in [7, 11) is 0. The molecule has 18 heavy (non-hydrogen) atoms. The summed E-state index contributed by atoms with van der Waals surface area (Å²) >= 11 is 0. The molecule has 1 fully saturated rings. The molecule has 1 saturated heterocycles. The lowest BCUT2D eigenvalue weighted by molar-refractivity contribution is 0.1000. The second-order valence-corrected chi connectivity index (χ2v) is 4.58. The molecule has 1 aliphatic heterocycles. The van der Waals surface area contributed by atoms with E-state index >= 15 is 0 Å². The Morgan fingerprint density at radius 2 is 2.22 bits per heavy atom. The van der Waals surface area contributed by atoms with E-state index in [4.69, 9.17) is 5.73 Å². The van der Waals surface area contributed by atoms with Crippen LogP contribution in [0.25, 0.3) is 0 Å². The van der Waals surface area contributed by atoms with Crippen LogP contribution in [0.15, 0.2) is 18.2 Å². The number of halogens is 1. The number of amides is 1. The zero-order valence-corrected chi connectivity index (χ0v) is 10.2. The summed E-state index contributed by atoms with van der Waals surface area (Å²) in [5, 5.41) is 6.49. The molecule has 0 aliphatic carbocycles. The van der Waals surface area contributed by atoms with Gasteiger partial charge < -0.3 is 16.4 Å². The Labute approximate surface area is 106 Å². The maximum atomic E-state index is 13.8. The Bertz CT molecular complexity index is 428. The molecule has 1 aromatic rings. The summed E-state index contributed by atoms with van der Waals surface area (Å²) in [4.78, 5) is 10.9. The van der Waals surface area contributed by atoms with Crippen LogP contribution in [0.3, 0.4) is 0 Å². The van der Waals surface area contributed by atoms with Gasteiger partial charge in [-0.05, 0) is 50.6 Å². The van der Waals surface area contributed by atoms with E-state index in [1.807, 2.05) is 0 Å². The van der Waals surface area contributed by atoms with Gasteiger partial charge in [-0.2, -0.15) is 0 Å². The van der Waals surface area contributed by atoms with Crippen molar-refractivity contribution in [2.24, 2.45) is 5.73 Å². The van der Waals surface area contributed by atoms with Crippen molar-refractivity contribution in [3.05, 3.63) is 29.6 Å². The highest BCUT2D eigenvalue weighted by atomic mass is 19.1. The Balaban J connectivity index is 2.06. The molecule has 98 valence electrons. The fraction of sp³-hybridized carbons (Fsp3) is 0.462. The van der Waals surface area contributed by atoms with E-state index < -0.39 is 11.7 Å². The molecule has 1 atom stereocenters. The number of carbonyl (C=O) groups is 1. The van der Waals surface area contributed by atoms with Gasteiger partial charge in [0.25, 0.3) is 0 Å². The lowest BCUT2D eigenvalue weighted by Crippen LogP contribution is -2.22. The largest absolute Gasteiger partial charge is 0.380 e. The van der Waals surface area contributed by atoms with Crippen molar-refractivity contribution in [2.75, 3.05) is 18.4 Å². The maximum Gasteiger partial charge on any atom is 0.248 e. The number of hydrogen-bond donors (Lipinski definition) is 3. The molecule has 1 aliphatic rings. The van der Waals surface area contributed by atoms with Gasteiger partial charge in [0.15, 0.2) is 0 Å². The smallest absolute Gasteiger partial charge is 0.248 e. The minimum absolute atomic E-state index is 0.195. The van der Waals surface area contributed by atoms with E-state index in [1.54, 1.807) is 12.1 Å². The van der Waals surface area contributed by atoms with Gasteiger partial charge in [0.2, 0.25) is 5.91 Å². The average Bonchev–Trinajstić information content (AvgIpc) is 2.60. The third kappa shape index (κ3) is 3.20. The lowest BCUT2D eigenvalue weighted by Gasteiger charge is -2.18. The number of rotatable bonds is 3. The van der Waals surface area contributed by atoms with Crippen LogP contribution in [0.5, 0.6) is 0 Å². The zero-order chi connectivity index (χ0) is 13.0. The van der Waals surface area contributed by atoms with Gasteiger partial charge in [-0.25, -0.2) is 4.39 Å². The fourth-order valence-electron chi connectivity index (χ4n) is 2.17. The molecule has 0 aromatic heterocycles. The highest BCUT2D eigenvalue weighted by Crippen LogP contribution is 2.19. The molecule has 0 radical (unpaired) electrons. The van der Waals surface area contributed by atoms with Crippen LogP contribution in [-0.2, 0) is 0 Å². The third-order valence-corrected chi connectivity index (χ3v) is 3.19. The van der Waals surface area contributed by atoms with Gasteiger partial charge in [-0.15, -0.1) is 0 Å². The minimum atomic E-state index is -0.612. The number of hydrogen-bond acceptors (Lipinski definition) is 3. The molecule has 0 spiro atoms. The molecule has 0 saturated carbocycles. The first kappa shape index (κ1) is 12.8. The highest BCUT2D eigenvalue weighted by molar-refractivity contribution is 5.93. The molecule has 2 rings (SSSR count). The van der Waals surface area contributed by atoms with Gasteiger partial charge in [-0.3, -0.25) is 4.79 Å². The van der Waals surface area contributed by atoms with Crippen molar-refractivity contribution in [2.45, 2.75) is 25.3 Å². The monoisotopic (exact) mass is 251 g/mol. The predicted octanol–water partition coefficient (Wildman–Crippen LogP) is 1.48. The van der Waals surface area contributed by atoms with E-state index in [0.29, 0.717) is 5.69 Å². The number of benzene rings is 1. The zero-order valence-electron chi connectivity index (χ0n) is 10.2. The van der Waals surface area contributed by atoms with Crippen LogP contribution in [0.1, 0.15) is 29.6 Å². The summed E-state index contributed by atoms with van der Waals surface area (Å²) in [5.41, 5.74) is 5.74. The van der Waals surface area contributed by atoms with Crippen LogP contribution in [0, 0.1) is 5.82 Å². The molecule has 0 bridgehead atoms. The van der Waals surface area contributed by atoms with Crippen LogP contribution in [0.2, 0.25) is 0 Å². The van der Waals surface area contributed by atoms with Crippen LogP contribution in [-0.4, -0.2) is 25.0 Å². The number of nitrogens with one attached hydrogen (secondary N) is 2. The average molecular weight is 251 g/mol. The number of primary amides is 1. The van der Waals surface area contributed by atoms with Gasteiger partial charge in [0, 0.05) is 11.6 Å². The number of anilines is 1. The summed E-state index contributed by atoms with van der Waals surface area (Å²) in [6.45, 7) is 1.96. The summed E-state index contributed by atoms with van der Waals surface area (Å²) in [5.74, 6) is -1.04. The van der Waals surface area contributed by atoms with E-state index in [-0.39, 0.29) is 11.6 Å². The van der Waals surface area contributed by atoms with Gasteiger partial charge >= 0.3 is 0 Å². The normalized spacial score (nSPS) is 20.2. The van der Waals surface area contributed by atoms with Crippen molar-refractivity contribution in [1.82, 2.24) is 5.32 Å². The first-order valence-electron chi connectivity index (χ1n) is 6.23. The van der Waals surface area contributed by atoms with Crippen LogP contribution in [0.4, 0.5) is 10.1 Å². The summed E-state index contributed by atoms with van der Waals surface area (Å²) in [6.07, 6.45) is 3.07. The molecule has 4 nitrogen and oxygen atoms in total. The Hall–Kier alpha value is -1.62. The molecule has 4 N–H and O–H groups in total. The quantitative estimate of drug-likeness (QED) is 0.762. The SMILES string of the molecule is NC(=O)c1ccc(NC2CCCNCC2)c(F)c1. The standard InChI is InChI=1S/C13H18FN3O/c14-11-8-9(13(15)18)3-4-12(11)17-10-2-1-6-16-7-5-10/h3-4,8,10,16-17H,1-2,5-7H2,(H2,15,18). The Morgan fingerprint density at radius 3 is 2.94 bits per heavy atom. The van der Waals surface area contributed by atoms with Gasteiger partial charge in [0.1, 0.15) is 5.82 Å². The second kappa shape index (κ2) is 5.82.